The Morgan fingerprint density at radius 1 is 1.18 bits per heavy atom. The third-order valence-electron chi connectivity index (χ3n) is 5.83. The molecule has 3 aliphatic rings. The predicted octanol–water partition coefficient (Wildman–Crippen LogP) is 4.11. The van der Waals surface area contributed by atoms with Crippen LogP contribution in [0.1, 0.15) is 57.8 Å². The average molecular weight is 233 g/mol. The molecule has 0 saturated heterocycles. The van der Waals surface area contributed by atoms with Crippen LogP contribution in [0, 0.1) is 23.2 Å². The molecule has 1 heteroatoms. The Morgan fingerprint density at radius 2 is 2.06 bits per heavy atom. The van der Waals surface area contributed by atoms with E-state index in [9.17, 15) is 0 Å². The quantitative estimate of drug-likeness (QED) is 0.770. The molecule has 0 aliphatic heterocycles. The van der Waals surface area contributed by atoms with Gasteiger partial charge >= 0.3 is 0 Å². The van der Waals surface area contributed by atoms with Gasteiger partial charge in [0.05, 0.1) is 0 Å². The van der Waals surface area contributed by atoms with Crippen molar-refractivity contribution in [1.82, 2.24) is 5.32 Å². The van der Waals surface area contributed by atoms with Crippen molar-refractivity contribution < 1.29 is 0 Å². The maximum Gasteiger partial charge on any atom is 0.00276 e. The van der Waals surface area contributed by atoms with Gasteiger partial charge in [-0.2, -0.15) is 0 Å². The van der Waals surface area contributed by atoms with E-state index in [0.29, 0.717) is 5.41 Å². The topological polar surface area (TPSA) is 12.0 Å². The normalized spacial score (nSPS) is 41.7. The number of fused-ring (bicyclic) bond motifs is 1. The molecule has 3 saturated carbocycles. The zero-order valence-corrected chi connectivity index (χ0v) is 11.3. The molecule has 3 aliphatic carbocycles. The fraction of sp³-hybridized carbons (Fsp3) is 0.875. The van der Waals surface area contributed by atoms with E-state index in [4.69, 9.17) is 0 Å². The Balaban J connectivity index is 1.76. The van der Waals surface area contributed by atoms with Gasteiger partial charge in [0.25, 0.3) is 0 Å². The van der Waals surface area contributed by atoms with Crippen LogP contribution in [0.3, 0.4) is 0 Å². The first-order chi connectivity index (χ1) is 8.37. The van der Waals surface area contributed by atoms with Crippen molar-refractivity contribution in [1.29, 1.82) is 0 Å². The van der Waals surface area contributed by atoms with Gasteiger partial charge in [-0.05, 0) is 61.5 Å². The van der Waals surface area contributed by atoms with Gasteiger partial charge in [0, 0.05) is 7.05 Å². The highest BCUT2D eigenvalue weighted by molar-refractivity contribution is 5.08. The Morgan fingerprint density at radius 3 is 2.76 bits per heavy atom. The zero-order chi connectivity index (χ0) is 11.7. The maximum atomic E-state index is 3.16. The Kier molecular flexibility index (Phi) is 3.19. The SMILES string of the molecule is CN/C=C/CC1(C2CCC2)CCCCC2CC21. The number of nitrogens with one attached hydrogen (secondary N) is 1. The summed E-state index contributed by atoms with van der Waals surface area (Å²) in [7, 11) is 2.01. The molecule has 0 aromatic rings. The third kappa shape index (κ3) is 2.02. The average Bonchev–Trinajstić information content (AvgIpc) is 3.00. The molecule has 0 heterocycles. The molecule has 0 aromatic heterocycles. The summed E-state index contributed by atoms with van der Waals surface area (Å²) in [5, 5.41) is 3.16. The molecular weight excluding hydrogens is 206 g/mol. The number of hydrogen-bond acceptors (Lipinski definition) is 1. The van der Waals surface area contributed by atoms with Gasteiger partial charge in [0.1, 0.15) is 0 Å². The van der Waals surface area contributed by atoms with E-state index in [1.54, 1.807) is 6.42 Å². The van der Waals surface area contributed by atoms with Crippen molar-refractivity contribution in [3.63, 3.8) is 0 Å². The molecule has 0 amide bonds. The molecule has 1 nitrogen and oxygen atoms in total. The van der Waals surface area contributed by atoms with Gasteiger partial charge < -0.3 is 5.32 Å². The number of rotatable bonds is 4. The molecule has 0 bridgehead atoms. The van der Waals surface area contributed by atoms with Crippen LogP contribution in [-0.2, 0) is 0 Å². The Hall–Kier alpha value is -0.460. The second kappa shape index (κ2) is 4.66. The minimum Gasteiger partial charge on any atom is -0.394 e. The summed E-state index contributed by atoms with van der Waals surface area (Å²) >= 11 is 0. The molecule has 3 fully saturated rings. The summed E-state index contributed by atoms with van der Waals surface area (Å²) in [6, 6.07) is 0. The standard InChI is InChI=1S/C16H27N/c1-17-11-5-10-16(14-7-4-8-14)9-3-2-6-13-12-15(13)16/h5,11,13-15,17H,2-4,6-10,12H2,1H3/b11-5+. The van der Waals surface area contributed by atoms with Gasteiger partial charge in [-0.3, -0.25) is 0 Å². The van der Waals surface area contributed by atoms with Crippen LogP contribution in [-0.4, -0.2) is 7.05 Å². The lowest BCUT2D eigenvalue weighted by Gasteiger charge is -2.46. The zero-order valence-electron chi connectivity index (χ0n) is 11.3. The van der Waals surface area contributed by atoms with Crippen molar-refractivity contribution in [2.45, 2.75) is 57.8 Å². The van der Waals surface area contributed by atoms with E-state index in [0.717, 1.165) is 17.8 Å². The smallest absolute Gasteiger partial charge is 0.00276 e. The first kappa shape index (κ1) is 11.6. The van der Waals surface area contributed by atoms with Crippen molar-refractivity contribution >= 4 is 0 Å². The van der Waals surface area contributed by atoms with Gasteiger partial charge in [0.15, 0.2) is 0 Å². The van der Waals surface area contributed by atoms with Crippen LogP contribution < -0.4 is 5.32 Å². The van der Waals surface area contributed by atoms with Gasteiger partial charge in [-0.25, -0.2) is 0 Å². The highest BCUT2D eigenvalue weighted by Gasteiger charge is 2.56. The summed E-state index contributed by atoms with van der Waals surface area (Å²) in [4.78, 5) is 0. The largest absolute Gasteiger partial charge is 0.394 e. The Labute approximate surface area is 106 Å². The van der Waals surface area contributed by atoms with E-state index >= 15 is 0 Å². The Bertz CT molecular complexity index is 292. The van der Waals surface area contributed by atoms with E-state index in [-0.39, 0.29) is 0 Å². The second-order valence-corrected chi connectivity index (χ2v) is 6.60. The van der Waals surface area contributed by atoms with Crippen LogP contribution in [0.5, 0.6) is 0 Å². The molecule has 3 unspecified atom stereocenters. The molecule has 0 aromatic carbocycles. The first-order valence-corrected chi connectivity index (χ1v) is 7.69. The van der Waals surface area contributed by atoms with Gasteiger partial charge in [-0.1, -0.05) is 31.8 Å². The van der Waals surface area contributed by atoms with E-state index in [1.165, 1.54) is 51.4 Å². The van der Waals surface area contributed by atoms with Crippen molar-refractivity contribution in [3.8, 4) is 0 Å². The fourth-order valence-electron chi connectivity index (χ4n) is 4.62. The maximum absolute atomic E-state index is 3.16. The van der Waals surface area contributed by atoms with E-state index in [1.807, 2.05) is 7.05 Å². The monoisotopic (exact) mass is 233 g/mol. The van der Waals surface area contributed by atoms with E-state index in [2.05, 4.69) is 17.6 Å². The fourth-order valence-corrected chi connectivity index (χ4v) is 4.62. The molecular formula is C16H27N. The van der Waals surface area contributed by atoms with E-state index < -0.39 is 0 Å². The van der Waals surface area contributed by atoms with Crippen LogP contribution in [0.15, 0.2) is 12.3 Å². The molecule has 17 heavy (non-hydrogen) atoms. The van der Waals surface area contributed by atoms with Crippen molar-refractivity contribution in [2.75, 3.05) is 7.05 Å². The summed E-state index contributed by atoms with van der Waals surface area (Å²) in [5.41, 5.74) is 0.715. The third-order valence-corrected chi connectivity index (χ3v) is 5.83. The second-order valence-electron chi connectivity index (χ2n) is 6.60. The van der Waals surface area contributed by atoms with Crippen LogP contribution >= 0.6 is 0 Å². The first-order valence-electron chi connectivity index (χ1n) is 7.69. The van der Waals surface area contributed by atoms with Gasteiger partial charge in [0.2, 0.25) is 0 Å². The van der Waals surface area contributed by atoms with Crippen LogP contribution in [0.4, 0.5) is 0 Å². The highest BCUT2D eigenvalue weighted by atomic mass is 14.8. The van der Waals surface area contributed by atoms with Crippen LogP contribution in [0.2, 0.25) is 0 Å². The van der Waals surface area contributed by atoms with Crippen LogP contribution in [0.25, 0.3) is 0 Å². The van der Waals surface area contributed by atoms with Crippen molar-refractivity contribution in [3.05, 3.63) is 12.3 Å². The molecule has 1 N–H and O–H groups in total. The molecule has 3 rings (SSSR count). The lowest BCUT2D eigenvalue weighted by Crippen LogP contribution is -2.37. The summed E-state index contributed by atoms with van der Waals surface area (Å²) in [5.74, 6) is 3.27. The molecule has 0 spiro atoms. The summed E-state index contributed by atoms with van der Waals surface area (Å²) in [6.45, 7) is 0. The predicted molar refractivity (Wildman–Crippen MR) is 72.7 cm³/mol. The highest BCUT2D eigenvalue weighted by Crippen LogP contribution is 2.65. The lowest BCUT2D eigenvalue weighted by atomic mass is 9.59. The molecule has 96 valence electrons. The molecule has 3 atom stereocenters. The summed E-state index contributed by atoms with van der Waals surface area (Å²) < 4.78 is 0. The van der Waals surface area contributed by atoms with Crippen molar-refractivity contribution in [2.24, 2.45) is 23.2 Å². The minimum atomic E-state index is 0.715. The number of hydrogen-bond donors (Lipinski definition) is 1. The minimum absolute atomic E-state index is 0.715. The number of allylic oxidation sites excluding steroid dienone is 1. The lowest BCUT2D eigenvalue weighted by molar-refractivity contribution is 0.0480. The molecule has 0 radical (unpaired) electrons. The van der Waals surface area contributed by atoms with Gasteiger partial charge in [-0.15, -0.1) is 0 Å². The summed E-state index contributed by atoms with van der Waals surface area (Å²) in [6.07, 6.45) is 18.1.